The van der Waals surface area contributed by atoms with Crippen molar-refractivity contribution in [1.82, 2.24) is 51.5 Å². The fourth-order valence-corrected chi connectivity index (χ4v) is 4.64. The number of hydrogen-bond donors (Lipinski definition) is 5. The topological polar surface area (TPSA) is 138 Å². The lowest BCUT2D eigenvalue weighted by atomic mass is 10.1. The van der Waals surface area contributed by atoms with Crippen LogP contribution < -0.4 is 26.8 Å². The van der Waals surface area contributed by atoms with Crippen LogP contribution in [-0.2, 0) is 0 Å². The zero-order valence-electron chi connectivity index (χ0n) is 53.8. The molecule has 15 nitrogen and oxygen atoms in total. The predicted octanol–water partition coefficient (Wildman–Crippen LogP) is 12.8. The van der Waals surface area contributed by atoms with Crippen molar-refractivity contribution in [2.45, 2.75) is 254 Å². The zero-order chi connectivity index (χ0) is 58.2. The minimum Gasteiger partial charge on any atom is -0.388 e. The first-order chi connectivity index (χ1) is 34.4. The molecule has 8 heterocycles. The molecule has 0 fully saturated rings. The third kappa shape index (κ3) is 48.0. The lowest BCUT2D eigenvalue weighted by Crippen LogP contribution is -2.32. The van der Waals surface area contributed by atoms with Crippen molar-refractivity contribution in [2.75, 3.05) is 41.8 Å². The minimum atomic E-state index is 0.306. The molecule has 0 aliphatic carbocycles. The second-order valence-electron chi connectivity index (χ2n) is 15.8. The molecule has 8 aliphatic rings. The SMILES string of the molecule is CC.CC.CC.CC.CC.CC.CC.CC.CC1C=CNC1C.CC1C=NNC1C.CC1CC=CN1C.CC1CC=NN1C.CC1CN=CN1C.CC1N=CNC1C.CC1N=CNN1C.CC1NC=CN1C. The molecule has 0 aromatic heterocycles. The molecule has 0 aromatic rings. The van der Waals surface area contributed by atoms with Gasteiger partial charge >= 0.3 is 0 Å². The van der Waals surface area contributed by atoms with Crippen molar-refractivity contribution >= 4 is 31.4 Å². The van der Waals surface area contributed by atoms with Gasteiger partial charge in [-0.25, -0.2) is 5.01 Å². The number of aliphatic imine (C=N–C) groups is 3. The Morgan fingerprint density at radius 2 is 1.06 bits per heavy atom. The van der Waals surface area contributed by atoms with E-state index in [1.165, 1.54) is 6.42 Å². The van der Waals surface area contributed by atoms with Crippen LogP contribution in [0.25, 0.3) is 0 Å². The van der Waals surface area contributed by atoms with E-state index in [0.717, 1.165) is 24.9 Å². The van der Waals surface area contributed by atoms with Gasteiger partial charge in [-0.3, -0.25) is 20.0 Å². The summed E-state index contributed by atoms with van der Waals surface area (Å²) in [4.78, 5) is 18.6. The highest BCUT2D eigenvalue weighted by atomic mass is 15.6. The molecule has 0 saturated heterocycles. The van der Waals surface area contributed by atoms with Gasteiger partial charge in [-0.05, 0) is 87.1 Å². The van der Waals surface area contributed by atoms with Gasteiger partial charge in [0.2, 0.25) is 0 Å². The Bertz CT molecular complexity index is 997. The lowest BCUT2D eigenvalue weighted by molar-refractivity contribution is 0.256. The fraction of sp³-hybridized carbons (Fsp3) is 0.807. The van der Waals surface area contributed by atoms with Gasteiger partial charge in [0.25, 0.3) is 0 Å². The third-order valence-electron chi connectivity index (χ3n) is 10.9. The molecular formula is C57H129N15. The Labute approximate surface area is 451 Å². The molecule has 0 radical (unpaired) electrons. The van der Waals surface area contributed by atoms with E-state index in [-0.39, 0.29) is 0 Å². The van der Waals surface area contributed by atoms with Gasteiger partial charge in [0.05, 0.1) is 37.8 Å². The normalized spacial score (nSPS) is 26.2. The summed E-state index contributed by atoms with van der Waals surface area (Å²) in [5.41, 5.74) is 5.85. The standard InChI is InChI=1S/2C6H11N.5C5H10N2.C4H9N3.8C2H6/c1-6-4-3-5-7(6)2;1-5-3-4-7-6(5)2;1-5-3-6-4-7(5)2;1-5-6-3-4-7(5)2;1-5-3-4-6-7(5)2;1-4-5(2)7-3-6-4;1-4-3-6-7-5(4)2;1-4-5-3-6-7(4)2;8*1-2/h3,5-6H,4H2,1-2H3;3-7H,1-2H3;4-5H,3H2,1-2H3;3-6H,1-2H3;4-5H,3H2,1-2H3;3-5H,1-2H3,(H,6,7);3-5,7H,1-2H3;3-4H,1-2H3,(H,5,6);8*1-2H3. The number of nitrogens with one attached hydrogen (secondary N) is 5. The summed E-state index contributed by atoms with van der Waals surface area (Å²) >= 11 is 0. The molecule has 0 bridgehead atoms. The molecule has 0 amide bonds. The van der Waals surface area contributed by atoms with Crippen LogP contribution in [0, 0.1) is 11.8 Å². The second kappa shape index (κ2) is 62.8. The van der Waals surface area contributed by atoms with E-state index in [4.69, 9.17) is 0 Å². The minimum absolute atomic E-state index is 0.306. The van der Waals surface area contributed by atoms with Crippen LogP contribution >= 0.6 is 0 Å². The molecule has 8 rings (SSSR count). The van der Waals surface area contributed by atoms with E-state index >= 15 is 0 Å². The smallest absolute Gasteiger partial charge is 0.117 e. The molecule has 5 N–H and O–H groups in total. The quantitative estimate of drug-likeness (QED) is 0.159. The van der Waals surface area contributed by atoms with Crippen LogP contribution in [-0.4, -0.2) is 153 Å². The number of likely N-dealkylation sites (N-methyl/N-ethyl adjacent to an activating group) is 1. The summed E-state index contributed by atoms with van der Waals surface area (Å²) in [6.45, 7) is 56.5. The molecule has 15 heteroatoms. The van der Waals surface area contributed by atoms with Gasteiger partial charge in [0.1, 0.15) is 6.17 Å². The molecule has 11 unspecified atom stereocenters. The van der Waals surface area contributed by atoms with Gasteiger partial charge < -0.3 is 41.5 Å². The molecule has 0 aromatic carbocycles. The zero-order valence-corrected chi connectivity index (χ0v) is 53.8. The molecule has 8 aliphatic heterocycles. The number of rotatable bonds is 0. The highest BCUT2D eigenvalue weighted by molar-refractivity contribution is 5.62. The van der Waals surface area contributed by atoms with Crippen LogP contribution in [0.2, 0.25) is 0 Å². The first-order valence-corrected chi connectivity index (χ1v) is 28.4. The van der Waals surface area contributed by atoms with Crippen LogP contribution in [0.4, 0.5) is 0 Å². The fourth-order valence-electron chi connectivity index (χ4n) is 4.64. The summed E-state index contributed by atoms with van der Waals surface area (Å²) in [6.07, 6.45) is 24.9. The van der Waals surface area contributed by atoms with Gasteiger partial charge in [0.15, 0.2) is 0 Å². The summed E-state index contributed by atoms with van der Waals surface area (Å²) in [5.74, 6) is 1.33. The van der Waals surface area contributed by atoms with E-state index in [2.05, 4.69) is 161 Å². The molecule has 11 atom stereocenters. The van der Waals surface area contributed by atoms with Crippen LogP contribution in [0.1, 0.15) is 200 Å². The predicted molar refractivity (Wildman–Crippen MR) is 333 cm³/mol. The van der Waals surface area contributed by atoms with Crippen molar-refractivity contribution in [1.29, 1.82) is 0 Å². The lowest BCUT2D eigenvalue weighted by Gasteiger charge is -2.14. The average Bonchev–Trinajstić information content (AvgIpc) is 4.35. The van der Waals surface area contributed by atoms with Crippen LogP contribution in [0.3, 0.4) is 0 Å². The number of hydrogen-bond acceptors (Lipinski definition) is 15. The maximum Gasteiger partial charge on any atom is 0.117 e. The Balaban J connectivity index is -0.000000104. The Hall–Kier alpha value is -4.27. The van der Waals surface area contributed by atoms with E-state index in [9.17, 15) is 0 Å². The first kappa shape index (κ1) is 84.5. The van der Waals surface area contributed by atoms with Crippen LogP contribution in [0.15, 0.2) is 62.1 Å². The van der Waals surface area contributed by atoms with Crippen molar-refractivity contribution < 1.29 is 0 Å². The average molecular weight is 1020 g/mol. The molecule has 432 valence electrons. The Kier molecular flexibility index (Phi) is 73.8. The second-order valence-corrected chi connectivity index (χ2v) is 15.8. The molecule has 0 spiro atoms. The summed E-state index contributed by atoms with van der Waals surface area (Å²) < 4.78 is 0. The van der Waals surface area contributed by atoms with Gasteiger partial charge in [-0.15, -0.1) is 0 Å². The summed E-state index contributed by atoms with van der Waals surface area (Å²) in [5, 5.41) is 21.2. The molecule has 72 heavy (non-hydrogen) atoms. The van der Waals surface area contributed by atoms with E-state index in [0.29, 0.717) is 54.5 Å². The highest BCUT2D eigenvalue weighted by Crippen LogP contribution is 2.10. The number of hydrazone groups is 2. The molecule has 0 saturated carbocycles. The summed E-state index contributed by atoms with van der Waals surface area (Å²) in [6, 6.07) is 4.19. The maximum absolute atomic E-state index is 4.08. The van der Waals surface area contributed by atoms with Crippen molar-refractivity contribution in [3.05, 3.63) is 37.0 Å². The van der Waals surface area contributed by atoms with Gasteiger partial charge in [-0.2, -0.15) is 10.2 Å². The van der Waals surface area contributed by atoms with Crippen molar-refractivity contribution in [3.63, 3.8) is 0 Å². The first-order valence-electron chi connectivity index (χ1n) is 28.4. The monoisotopic (exact) mass is 1020 g/mol. The van der Waals surface area contributed by atoms with Gasteiger partial charge in [-0.1, -0.05) is 137 Å². The number of hydrazine groups is 1. The van der Waals surface area contributed by atoms with Crippen molar-refractivity contribution in [3.8, 4) is 0 Å². The van der Waals surface area contributed by atoms with Crippen LogP contribution in [0.5, 0.6) is 0 Å². The largest absolute Gasteiger partial charge is 0.388 e. The number of nitrogens with zero attached hydrogens (tertiary/aromatic N) is 10. The maximum atomic E-state index is 4.08. The van der Waals surface area contributed by atoms with E-state index < -0.39 is 0 Å². The Morgan fingerprint density at radius 3 is 1.17 bits per heavy atom. The molecular weight excluding hydrogens is 895 g/mol. The Morgan fingerprint density at radius 1 is 0.500 bits per heavy atom. The van der Waals surface area contributed by atoms with Gasteiger partial charge in [0, 0.05) is 109 Å². The third-order valence-corrected chi connectivity index (χ3v) is 10.9. The highest BCUT2D eigenvalue weighted by Gasteiger charge is 2.14. The van der Waals surface area contributed by atoms with E-state index in [1.54, 1.807) is 12.7 Å². The van der Waals surface area contributed by atoms with Crippen molar-refractivity contribution in [2.24, 2.45) is 37.0 Å². The summed E-state index contributed by atoms with van der Waals surface area (Å²) in [7, 11) is 10.1. The van der Waals surface area contributed by atoms with E-state index in [1.807, 2.05) is 193 Å².